The minimum atomic E-state index is 0.791. The van der Waals surface area contributed by atoms with Gasteiger partial charge in [-0.15, -0.1) is 0 Å². The maximum Gasteiger partial charge on any atom is 0.0383 e. The fourth-order valence-electron chi connectivity index (χ4n) is 1.92. The second-order valence-electron chi connectivity index (χ2n) is 3.19. The number of fused-ring (bicyclic) bond motifs is 1. The van der Waals surface area contributed by atoms with E-state index in [0.29, 0.717) is 0 Å². The first-order valence-corrected chi connectivity index (χ1v) is 4.06. The highest BCUT2D eigenvalue weighted by atomic mass is 15.7. The summed E-state index contributed by atoms with van der Waals surface area (Å²) in [6, 6.07) is 0.791. The predicted molar refractivity (Wildman–Crippen MR) is 40.6 cm³/mol. The van der Waals surface area contributed by atoms with Crippen molar-refractivity contribution in [3.63, 3.8) is 0 Å². The molecule has 1 atom stereocenters. The van der Waals surface area contributed by atoms with E-state index in [-0.39, 0.29) is 0 Å². The minimum absolute atomic E-state index is 0.791. The molecule has 2 heterocycles. The Morgan fingerprint density at radius 2 is 2.30 bits per heavy atom. The second-order valence-corrected chi connectivity index (χ2v) is 3.19. The van der Waals surface area contributed by atoms with Gasteiger partial charge in [0, 0.05) is 39.3 Å². The Hall–Kier alpha value is -0.120. The number of nitrogens with one attached hydrogen (secondary N) is 1. The van der Waals surface area contributed by atoms with Gasteiger partial charge in [0.05, 0.1) is 0 Å². The zero-order valence-corrected chi connectivity index (χ0v) is 6.51. The van der Waals surface area contributed by atoms with Crippen molar-refractivity contribution in [3.05, 3.63) is 0 Å². The summed E-state index contributed by atoms with van der Waals surface area (Å²) in [5, 5.41) is 8.24. The van der Waals surface area contributed by atoms with Crippen LogP contribution in [0.25, 0.3) is 0 Å². The van der Waals surface area contributed by atoms with Gasteiger partial charge in [0.1, 0.15) is 0 Å². The minimum Gasteiger partial charge on any atom is -0.314 e. The lowest BCUT2D eigenvalue weighted by molar-refractivity contribution is 0.00829. The van der Waals surface area contributed by atoms with Crippen LogP contribution >= 0.6 is 0 Å². The van der Waals surface area contributed by atoms with E-state index in [4.69, 9.17) is 0 Å². The molecule has 0 aromatic carbocycles. The lowest BCUT2D eigenvalue weighted by Crippen LogP contribution is -2.51. The maximum atomic E-state index is 3.41. The van der Waals surface area contributed by atoms with Crippen LogP contribution < -0.4 is 5.32 Å². The molecule has 1 N–H and O–H groups in total. The van der Waals surface area contributed by atoms with Crippen LogP contribution in [-0.4, -0.2) is 49.3 Å². The van der Waals surface area contributed by atoms with Crippen molar-refractivity contribution in [2.75, 3.05) is 33.2 Å². The van der Waals surface area contributed by atoms with Gasteiger partial charge in [-0.05, 0) is 6.42 Å². The van der Waals surface area contributed by atoms with Crippen LogP contribution in [0.2, 0.25) is 0 Å². The topological polar surface area (TPSA) is 18.5 Å². The fraction of sp³-hybridized carbons (Fsp3) is 1.00. The van der Waals surface area contributed by atoms with Crippen molar-refractivity contribution in [2.24, 2.45) is 0 Å². The van der Waals surface area contributed by atoms with Crippen molar-refractivity contribution in [3.8, 4) is 0 Å². The standard InChI is InChI=1S/C7H15N3/c1-9-4-2-7-6-8-3-5-10(7)9/h7-8H,2-6H2,1H3. The molecule has 2 saturated heterocycles. The molecule has 10 heavy (non-hydrogen) atoms. The molecule has 2 aliphatic heterocycles. The molecule has 0 bridgehead atoms. The van der Waals surface area contributed by atoms with E-state index in [9.17, 15) is 0 Å². The normalized spacial score (nSPS) is 36.3. The highest BCUT2D eigenvalue weighted by molar-refractivity contribution is 4.83. The predicted octanol–water partition coefficient (Wildman–Crippen LogP) is -0.489. The third-order valence-corrected chi connectivity index (χ3v) is 2.54. The molecule has 3 heteroatoms. The van der Waals surface area contributed by atoms with Gasteiger partial charge in [-0.2, -0.15) is 0 Å². The quantitative estimate of drug-likeness (QED) is 0.491. The Labute approximate surface area is 62.0 Å². The Morgan fingerprint density at radius 1 is 1.40 bits per heavy atom. The van der Waals surface area contributed by atoms with E-state index in [1.807, 2.05) is 0 Å². The molecule has 3 nitrogen and oxygen atoms in total. The van der Waals surface area contributed by atoms with Gasteiger partial charge in [0.2, 0.25) is 0 Å². The van der Waals surface area contributed by atoms with Crippen molar-refractivity contribution in [2.45, 2.75) is 12.5 Å². The van der Waals surface area contributed by atoms with Crippen LogP contribution in [0.1, 0.15) is 6.42 Å². The summed E-state index contributed by atoms with van der Waals surface area (Å²) in [5.74, 6) is 0. The first-order chi connectivity index (χ1) is 4.88. The summed E-state index contributed by atoms with van der Waals surface area (Å²) >= 11 is 0. The third kappa shape index (κ3) is 0.944. The van der Waals surface area contributed by atoms with Gasteiger partial charge in [-0.3, -0.25) is 0 Å². The van der Waals surface area contributed by atoms with Crippen molar-refractivity contribution in [1.82, 2.24) is 15.3 Å². The van der Waals surface area contributed by atoms with Crippen LogP contribution in [-0.2, 0) is 0 Å². The molecule has 2 fully saturated rings. The Kier molecular flexibility index (Phi) is 1.64. The molecule has 0 aromatic rings. The molecule has 0 aliphatic carbocycles. The van der Waals surface area contributed by atoms with Gasteiger partial charge in [-0.1, -0.05) is 0 Å². The smallest absolute Gasteiger partial charge is 0.0383 e. The molecule has 0 aromatic heterocycles. The monoisotopic (exact) mass is 141 g/mol. The van der Waals surface area contributed by atoms with Crippen molar-refractivity contribution < 1.29 is 0 Å². The third-order valence-electron chi connectivity index (χ3n) is 2.54. The molecule has 2 rings (SSSR count). The number of nitrogens with zero attached hydrogens (tertiary/aromatic N) is 2. The Balaban J connectivity index is 2.01. The average Bonchev–Trinajstić information content (AvgIpc) is 2.34. The Bertz CT molecular complexity index is 124. The number of hydrazine groups is 1. The lowest BCUT2D eigenvalue weighted by atomic mass is 10.2. The molecule has 0 amide bonds. The molecule has 0 saturated carbocycles. The number of rotatable bonds is 0. The summed E-state index contributed by atoms with van der Waals surface area (Å²) in [5.41, 5.74) is 0. The van der Waals surface area contributed by atoms with Gasteiger partial charge < -0.3 is 5.32 Å². The Morgan fingerprint density at radius 3 is 3.10 bits per heavy atom. The number of piperazine rings is 1. The SMILES string of the molecule is CN1CCC2CNCCN21. The summed E-state index contributed by atoms with van der Waals surface area (Å²) in [7, 11) is 2.19. The summed E-state index contributed by atoms with van der Waals surface area (Å²) in [6.07, 6.45) is 1.34. The van der Waals surface area contributed by atoms with Crippen LogP contribution in [0.3, 0.4) is 0 Å². The maximum absolute atomic E-state index is 3.41. The molecular formula is C7H15N3. The van der Waals surface area contributed by atoms with Crippen LogP contribution in [0.15, 0.2) is 0 Å². The highest BCUT2D eigenvalue weighted by Crippen LogP contribution is 2.16. The molecular weight excluding hydrogens is 126 g/mol. The van der Waals surface area contributed by atoms with E-state index in [1.54, 1.807) is 0 Å². The van der Waals surface area contributed by atoms with Crippen LogP contribution in [0, 0.1) is 0 Å². The van der Waals surface area contributed by atoms with E-state index in [2.05, 4.69) is 22.4 Å². The van der Waals surface area contributed by atoms with Crippen molar-refractivity contribution in [1.29, 1.82) is 0 Å². The fourth-order valence-corrected chi connectivity index (χ4v) is 1.92. The van der Waals surface area contributed by atoms with E-state index in [0.717, 1.165) is 12.6 Å². The van der Waals surface area contributed by atoms with Gasteiger partial charge in [0.15, 0.2) is 0 Å². The number of hydrogen-bond donors (Lipinski definition) is 1. The first-order valence-electron chi connectivity index (χ1n) is 4.06. The van der Waals surface area contributed by atoms with Gasteiger partial charge in [0.25, 0.3) is 0 Å². The van der Waals surface area contributed by atoms with Crippen LogP contribution in [0.5, 0.6) is 0 Å². The van der Waals surface area contributed by atoms with E-state index in [1.165, 1.54) is 26.1 Å². The van der Waals surface area contributed by atoms with E-state index >= 15 is 0 Å². The molecule has 0 spiro atoms. The van der Waals surface area contributed by atoms with E-state index < -0.39 is 0 Å². The van der Waals surface area contributed by atoms with Crippen molar-refractivity contribution >= 4 is 0 Å². The second kappa shape index (κ2) is 2.49. The molecule has 2 aliphatic rings. The largest absolute Gasteiger partial charge is 0.314 e. The average molecular weight is 141 g/mol. The number of hydrogen-bond acceptors (Lipinski definition) is 3. The van der Waals surface area contributed by atoms with Crippen LogP contribution in [0.4, 0.5) is 0 Å². The zero-order chi connectivity index (χ0) is 6.97. The van der Waals surface area contributed by atoms with Gasteiger partial charge >= 0.3 is 0 Å². The molecule has 0 radical (unpaired) electrons. The first kappa shape index (κ1) is 6.58. The summed E-state index contributed by atoms with van der Waals surface area (Å²) in [4.78, 5) is 0. The molecule has 1 unspecified atom stereocenters. The zero-order valence-electron chi connectivity index (χ0n) is 6.51. The lowest BCUT2D eigenvalue weighted by Gasteiger charge is -2.33. The van der Waals surface area contributed by atoms with Gasteiger partial charge in [-0.25, -0.2) is 10.0 Å². The summed E-state index contributed by atoms with van der Waals surface area (Å²) < 4.78 is 0. The highest BCUT2D eigenvalue weighted by Gasteiger charge is 2.30. The molecule has 58 valence electrons. The summed E-state index contributed by atoms with van der Waals surface area (Å²) in [6.45, 7) is 4.78.